The van der Waals surface area contributed by atoms with Crippen LogP contribution in [0.2, 0.25) is 0 Å². The normalized spacial score (nSPS) is 11.2. The molecule has 2 aromatic rings. The van der Waals surface area contributed by atoms with Crippen LogP contribution in [0.1, 0.15) is 29.3 Å². The summed E-state index contributed by atoms with van der Waals surface area (Å²) in [5, 5.41) is 5.99. The molecule has 2 N–H and O–H groups in total. The number of aryl methyl sites for hydroxylation is 1. The van der Waals surface area contributed by atoms with Crippen LogP contribution in [0.25, 0.3) is 0 Å². The lowest BCUT2D eigenvalue weighted by atomic mass is 10.2. The minimum atomic E-state index is -3.75. The molecule has 2 aromatic carbocycles. The average Bonchev–Trinajstić information content (AvgIpc) is 2.67. The highest BCUT2D eigenvalue weighted by molar-refractivity contribution is 7.92. The van der Waals surface area contributed by atoms with E-state index in [1.54, 1.807) is 24.3 Å². The number of nitrogens with one attached hydrogen (secondary N) is 2. The predicted octanol–water partition coefficient (Wildman–Crippen LogP) is 2.55. The van der Waals surface area contributed by atoms with Gasteiger partial charge in [0.1, 0.15) is 0 Å². The number of sulfonamides is 1. The van der Waals surface area contributed by atoms with Crippen LogP contribution in [0, 0.1) is 6.92 Å². The topological polar surface area (TPSA) is 78.5 Å². The van der Waals surface area contributed by atoms with Crippen molar-refractivity contribution in [3.05, 3.63) is 59.7 Å². The Morgan fingerprint density at radius 1 is 1.04 bits per heavy atom. The summed E-state index contributed by atoms with van der Waals surface area (Å²) in [6.07, 6.45) is 1.03. The van der Waals surface area contributed by atoms with Gasteiger partial charge in [-0.1, -0.05) is 30.7 Å². The number of anilines is 1. The van der Waals surface area contributed by atoms with Gasteiger partial charge in [0.2, 0.25) is 0 Å². The molecule has 0 saturated heterocycles. The minimum Gasteiger partial charge on any atom is -0.351 e. The van der Waals surface area contributed by atoms with Crippen molar-refractivity contribution in [3.63, 3.8) is 0 Å². The third-order valence-electron chi connectivity index (χ3n) is 4.17. The van der Waals surface area contributed by atoms with Gasteiger partial charge in [0.25, 0.3) is 15.9 Å². The minimum absolute atomic E-state index is 0.0855. The molecule has 0 aromatic heterocycles. The number of benzene rings is 2. The molecule has 0 atom stereocenters. The lowest BCUT2D eigenvalue weighted by Crippen LogP contribution is -2.32. The Bertz CT molecular complexity index is 864. The van der Waals surface area contributed by atoms with Gasteiger partial charge in [-0.2, -0.15) is 0 Å². The first kappa shape index (κ1) is 20.9. The highest BCUT2D eigenvalue weighted by Gasteiger charge is 2.22. The summed E-state index contributed by atoms with van der Waals surface area (Å²) in [5.41, 5.74) is 1.94. The zero-order chi connectivity index (χ0) is 19.9. The largest absolute Gasteiger partial charge is 0.351 e. The van der Waals surface area contributed by atoms with Gasteiger partial charge in [-0.15, -0.1) is 0 Å². The van der Waals surface area contributed by atoms with E-state index in [-0.39, 0.29) is 10.8 Å². The van der Waals surface area contributed by atoms with Crippen molar-refractivity contribution < 1.29 is 13.2 Å². The maximum absolute atomic E-state index is 12.9. The van der Waals surface area contributed by atoms with E-state index in [0.29, 0.717) is 24.3 Å². The lowest BCUT2D eigenvalue weighted by molar-refractivity contribution is 0.0953. The van der Waals surface area contributed by atoms with Crippen molar-refractivity contribution in [1.29, 1.82) is 0 Å². The molecule has 0 heterocycles. The van der Waals surface area contributed by atoms with E-state index in [1.165, 1.54) is 23.5 Å². The molecular weight excluding hydrogens is 362 g/mol. The summed E-state index contributed by atoms with van der Waals surface area (Å²) >= 11 is 0. The first-order valence-corrected chi connectivity index (χ1v) is 10.4. The third kappa shape index (κ3) is 5.55. The van der Waals surface area contributed by atoms with E-state index >= 15 is 0 Å². The van der Waals surface area contributed by atoms with Gasteiger partial charge in [0.15, 0.2) is 0 Å². The summed E-state index contributed by atoms with van der Waals surface area (Å²) in [5.74, 6) is -0.289. The van der Waals surface area contributed by atoms with Crippen LogP contribution in [0.5, 0.6) is 0 Å². The number of nitrogens with zero attached hydrogens (tertiary/aromatic N) is 1. The van der Waals surface area contributed by atoms with E-state index in [9.17, 15) is 13.2 Å². The molecule has 27 heavy (non-hydrogen) atoms. The first-order valence-electron chi connectivity index (χ1n) is 9.01. The van der Waals surface area contributed by atoms with Crippen LogP contribution in [0.4, 0.5) is 5.69 Å². The molecule has 0 saturated carbocycles. The Morgan fingerprint density at radius 2 is 1.74 bits per heavy atom. The Morgan fingerprint density at radius 3 is 2.41 bits per heavy atom. The Hall–Kier alpha value is -2.38. The smallest absolute Gasteiger partial charge is 0.264 e. The second-order valence-electron chi connectivity index (χ2n) is 6.34. The molecule has 0 aliphatic carbocycles. The van der Waals surface area contributed by atoms with Crippen molar-refractivity contribution >= 4 is 21.6 Å². The predicted molar refractivity (Wildman–Crippen MR) is 109 cm³/mol. The molecule has 146 valence electrons. The van der Waals surface area contributed by atoms with Crippen molar-refractivity contribution in [2.24, 2.45) is 0 Å². The van der Waals surface area contributed by atoms with E-state index < -0.39 is 10.0 Å². The van der Waals surface area contributed by atoms with E-state index in [0.717, 1.165) is 18.5 Å². The van der Waals surface area contributed by atoms with Crippen LogP contribution in [0.15, 0.2) is 53.4 Å². The molecule has 2 rings (SSSR count). The van der Waals surface area contributed by atoms with E-state index in [1.807, 2.05) is 19.1 Å². The maximum atomic E-state index is 12.9. The number of hydrogen-bond acceptors (Lipinski definition) is 4. The summed E-state index contributed by atoms with van der Waals surface area (Å²) < 4.78 is 27.0. The van der Waals surface area contributed by atoms with Crippen LogP contribution < -0.4 is 14.9 Å². The maximum Gasteiger partial charge on any atom is 0.264 e. The molecule has 0 spiro atoms. The highest BCUT2D eigenvalue weighted by atomic mass is 32.2. The fourth-order valence-electron chi connectivity index (χ4n) is 2.52. The summed E-state index contributed by atoms with van der Waals surface area (Å²) in [6.45, 7) is 6.07. The highest BCUT2D eigenvalue weighted by Crippen LogP contribution is 2.23. The zero-order valence-corrected chi connectivity index (χ0v) is 16.8. The second kappa shape index (κ2) is 9.53. The first-order chi connectivity index (χ1) is 12.9. The second-order valence-corrected chi connectivity index (χ2v) is 8.31. The summed E-state index contributed by atoms with van der Waals surface area (Å²) in [4.78, 5) is 12.4. The third-order valence-corrected chi connectivity index (χ3v) is 5.95. The van der Waals surface area contributed by atoms with Crippen molar-refractivity contribution in [2.75, 3.05) is 31.0 Å². The SMILES string of the molecule is CCCNCCNC(=O)c1cccc(S(=O)(=O)N(C)c2ccc(C)cc2)c1. The van der Waals surface area contributed by atoms with Gasteiger partial charge >= 0.3 is 0 Å². The van der Waals surface area contributed by atoms with Crippen molar-refractivity contribution in [3.8, 4) is 0 Å². The van der Waals surface area contributed by atoms with E-state index in [4.69, 9.17) is 0 Å². The van der Waals surface area contributed by atoms with Gasteiger partial charge < -0.3 is 10.6 Å². The average molecular weight is 390 g/mol. The van der Waals surface area contributed by atoms with Crippen LogP contribution in [-0.4, -0.2) is 41.0 Å². The Balaban J connectivity index is 2.12. The summed E-state index contributed by atoms with van der Waals surface area (Å²) in [6, 6.07) is 13.3. The molecule has 0 bridgehead atoms. The van der Waals surface area contributed by atoms with E-state index in [2.05, 4.69) is 17.6 Å². The van der Waals surface area contributed by atoms with Crippen LogP contribution in [0.3, 0.4) is 0 Å². The Labute approximate surface area is 161 Å². The standard InChI is InChI=1S/C20H27N3O3S/c1-4-12-21-13-14-22-20(24)17-6-5-7-19(15-17)27(25,26)23(3)18-10-8-16(2)9-11-18/h5-11,15,21H,4,12-14H2,1-3H3,(H,22,24). The number of amides is 1. The Kier molecular flexibility index (Phi) is 7.38. The van der Waals surface area contributed by atoms with Gasteiger partial charge in [0, 0.05) is 25.7 Å². The quantitative estimate of drug-likeness (QED) is 0.646. The number of rotatable bonds is 9. The molecule has 0 fully saturated rings. The molecule has 0 aliphatic rings. The monoisotopic (exact) mass is 389 g/mol. The van der Waals surface area contributed by atoms with Crippen LogP contribution >= 0.6 is 0 Å². The zero-order valence-electron chi connectivity index (χ0n) is 16.0. The molecule has 1 amide bonds. The van der Waals surface area contributed by atoms with Gasteiger partial charge in [0.05, 0.1) is 10.6 Å². The molecule has 0 radical (unpaired) electrons. The number of carbonyl (C=O) groups is 1. The van der Waals surface area contributed by atoms with Gasteiger partial charge in [-0.3, -0.25) is 9.10 Å². The fraction of sp³-hybridized carbons (Fsp3) is 0.350. The number of carbonyl (C=O) groups excluding carboxylic acids is 1. The molecule has 0 unspecified atom stereocenters. The molecular formula is C20H27N3O3S. The fourth-order valence-corrected chi connectivity index (χ4v) is 3.76. The van der Waals surface area contributed by atoms with Gasteiger partial charge in [-0.05, 0) is 50.2 Å². The lowest BCUT2D eigenvalue weighted by Gasteiger charge is -2.20. The molecule has 0 aliphatic heterocycles. The number of hydrogen-bond donors (Lipinski definition) is 2. The van der Waals surface area contributed by atoms with Crippen molar-refractivity contribution in [2.45, 2.75) is 25.2 Å². The van der Waals surface area contributed by atoms with Gasteiger partial charge in [-0.25, -0.2) is 8.42 Å². The van der Waals surface area contributed by atoms with Crippen LogP contribution in [-0.2, 0) is 10.0 Å². The summed E-state index contributed by atoms with van der Waals surface area (Å²) in [7, 11) is -2.25. The molecule has 7 heteroatoms. The molecule has 6 nitrogen and oxygen atoms in total. The van der Waals surface area contributed by atoms with Crippen molar-refractivity contribution in [1.82, 2.24) is 10.6 Å².